The molecule has 0 unspecified atom stereocenters. The first-order chi connectivity index (χ1) is 14.2. The number of fused-ring (bicyclic) bond motifs is 1. The van der Waals surface area contributed by atoms with Crippen molar-refractivity contribution in [3.8, 4) is 0 Å². The fraction of sp³-hybridized carbons (Fsp3) is 0.409. The Hall–Kier alpha value is -1.90. The van der Waals surface area contributed by atoms with Crippen molar-refractivity contribution in [3.63, 3.8) is 0 Å². The van der Waals surface area contributed by atoms with Crippen molar-refractivity contribution in [2.75, 3.05) is 0 Å². The van der Waals surface area contributed by atoms with Crippen molar-refractivity contribution in [3.05, 3.63) is 58.3 Å². The molecule has 1 amide bonds. The van der Waals surface area contributed by atoms with Crippen LogP contribution in [-0.4, -0.2) is 43.5 Å². The van der Waals surface area contributed by atoms with Crippen molar-refractivity contribution in [2.24, 2.45) is 0 Å². The van der Waals surface area contributed by atoms with Gasteiger partial charge < -0.3 is 15.0 Å². The predicted molar refractivity (Wildman–Crippen MR) is 124 cm³/mol. The lowest BCUT2D eigenvalue weighted by Gasteiger charge is -2.54. The van der Waals surface area contributed by atoms with Gasteiger partial charge in [0.2, 0.25) is 5.91 Å². The number of hydrogen-bond acceptors (Lipinski definition) is 6. The fourth-order valence-corrected chi connectivity index (χ4v) is 6.91. The lowest BCUT2D eigenvalue weighted by molar-refractivity contribution is -0.151. The minimum absolute atomic E-state index is 0.0598. The largest absolute Gasteiger partial charge is 0.459 e. The van der Waals surface area contributed by atoms with Crippen LogP contribution in [0.15, 0.2) is 47.8 Å². The lowest BCUT2D eigenvalue weighted by atomic mass is 9.87. The van der Waals surface area contributed by atoms with Crippen LogP contribution in [0.1, 0.15) is 31.2 Å². The average Bonchev–Trinajstić information content (AvgIpc) is 3.30. The van der Waals surface area contributed by atoms with Gasteiger partial charge in [0, 0.05) is 9.62 Å². The van der Waals surface area contributed by atoms with Gasteiger partial charge >= 0.3 is 5.97 Å². The van der Waals surface area contributed by atoms with E-state index in [0.29, 0.717) is 11.4 Å². The van der Waals surface area contributed by atoms with Crippen LogP contribution >= 0.6 is 35.3 Å². The van der Waals surface area contributed by atoms with Crippen molar-refractivity contribution in [1.82, 2.24) is 10.2 Å². The number of nitrogens with one attached hydrogen (secondary N) is 1. The molecule has 0 spiro atoms. The fourth-order valence-electron chi connectivity index (χ4n) is 4.03. The van der Waals surface area contributed by atoms with Crippen LogP contribution in [0.5, 0.6) is 0 Å². The SMILES string of the molecule is CC1(C)S[C@H]2N(C(=S)[C@]2(C)NC(=O)Cc2cccs2)[C@H]1C(=O)OCc1ccccc1. The van der Waals surface area contributed by atoms with Gasteiger partial charge in [0.25, 0.3) is 0 Å². The molecular formula is C22H24N2O3S3. The second-order valence-electron chi connectivity index (χ2n) is 8.29. The summed E-state index contributed by atoms with van der Waals surface area (Å²) in [6, 6.07) is 13.0. The van der Waals surface area contributed by atoms with Crippen LogP contribution < -0.4 is 5.32 Å². The van der Waals surface area contributed by atoms with Crippen molar-refractivity contribution >= 4 is 52.2 Å². The molecule has 3 atom stereocenters. The van der Waals surface area contributed by atoms with Crippen molar-refractivity contribution in [1.29, 1.82) is 0 Å². The molecule has 1 aromatic carbocycles. The molecule has 2 fully saturated rings. The molecule has 2 aliphatic rings. The Bertz CT molecular complexity index is 961. The molecule has 0 bridgehead atoms. The summed E-state index contributed by atoms with van der Waals surface area (Å²) in [7, 11) is 0. The molecule has 8 heteroatoms. The minimum Gasteiger partial charge on any atom is -0.459 e. The molecule has 1 aromatic heterocycles. The molecule has 0 aliphatic carbocycles. The quantitative estimate of drug-likeness (QED) is 0.523. The second kappa shape index (κ2) is 7.98. The molecule has 3 heterocycles. The maximum Gasteiger partial charge on any atom is 0.330 e. The molecule has 2 aromatic rings. The number of rotatable bonds is 6. The molecule has 0 radical (unpaired) electrons. The van der Waals surface area contributed by atoms with Crippen LogP contribution in [0.4, 0.5) is 0 Å². The van der Waals surface area contributed by atoms with Gasteiger partial charge in [0.1, 0.15) is 28.6 Å². The number of esters is 1. The normalized spacial score (nSPS) is 26.6. The summed E-state index contributed by atoms with van der Waals surface area (Å²) in [6.45, 7) is 6.24. The van der Waals surface area contributed by atoms with Gasteiger partial charge in [-0.3, -0.25) is 4.79 Å². The number of thiocarbonyl (C=S) groups is 1. The van der Waals surface area contributed by atoms with E-state index in [0.717, 1.165) is 10.4 Å². The van der Waals surface area contributed by atoms with Gasteiger partial charge in [-0.25, -0.2) is 4.79 Å². The van der Waals surface area contributed by atoms with E-state index < -0.39 is 16.3 Å². The Morgan fingerprint density at radius 1 is 1.17 bits per heavy atom. The predicted octanol–water partition coefficient (Wildman–Crippen LogP) is 3.77. The van der Waals surface area contributed by atoms with Crippen LogP contribution in [0.25, 0.3) is 0 Å². The zero-order valence-electron chi connectivity index (χ0n) is 17.1. The summed E-state index contributed by atoms with van der Waals surface area (Å²) in [5, 5.41) is 4.98. The standard InChI is InChI=1S/C22H24N2O3S3/c1-21(2)17(18(26)27-13-14-8-5-4-6-9-14)24-19(28)22(3,20(24)30-21)23-16(25)12-15-10-7-11-29-15/h4-11,17,20H,12-13H2,1-3H3,(H,23,25)/t17-,20+,22-/m0/s1. The van der Waals surface area contributed by atoms with Gasteiger partial charge in [-0.05, 0) is 37.8 Å². The van der Waals surface area contributed by atoms with Crippen LogP contribution in [0, 0.1) is 0 Å². The number of benzene rings is 1. The van der Waals surface area contributed by atoms with Crippen LogP contribution in [0.3, 0.4) is 0 Å². The van der Waals surface area contributed by atoms with E-state index in [2.05, 4.69) is 5.32 Å². The Morgan fingerprint density at radius 2 is 1.90 bits per heavy atom. The third-order valence-electron chi connectivity index (χ3n) is 5.54. The highest BCUT2D eigenvalue weighted by Gasteiger charge is 2.67. The highest BCUT2D eigenvalue weighted by Crippen LogP contribution is 2.55. The highest BCUT2D eigenvalue weighted by atomic mass is 32.2. The number of thioether (sulfide) groups is 1. The molecule has 30 heavy (non-hydrogen) atoms. The number of hydrogen-bond donors (Lipinski definition) is 1. The number of thiophene rings is 1. The molecule has 4 rings (SSSR count). The monoisotopic (exact) mass is 460 g/mol. The molecule has 158 valence electrons. The second-order valence-corrected chi connectivity index (χ2v) is 11.4. The van der Waals surface area contributed by atoms with Gasteiger partial charge in [0.15, 0.2) is 0 Å². The third kappa shape index (κ3) is 3.76. The van der Waals surface area contributed by atoms with Crippen LogP contribution in [0.2, 0.25) is 0 Å². The van der Waals surface area contributed by atoms with E-state index in [9.17, 15) is 9.59 Å². The van der Waals surface area contributed by atoms with E-state index >= 15 is 0 Å². The van der Waals surface area contributed by atoms with E-state index in [1.165, 1.54) is 0 Å². The summed E-state index contributed by atoms with van der Waals surface area (Å²) >= 11 is 8.91. The molecular weight excluding hydrogens is 436 g/mol. The van der Waals surface area contributed by atoms with E-state index in [4.69, 9.17) is 17.0 Å². The number of carbonyl (C=O) groups excluding carboxylic acids is 2. The summed E-state index contributed by atoms with van der Waals surface area (Å²) < 4.78 is 5.24. The molecule has 2 aliphatic heterocycles. The summed E-state index contributed by atoms with van der Waals surface area (Å²) in [6.07, 6.45) is 0.333. The first-order valence-corrected chi connectivity index (χ1v) is 11.9. The average molecular weight is 461 g/mol. The van der Waals surface area contributed by atoms with Crippen LogP contribution in [-0.2, 0) is 27.4 Å². The van der Waals surface area contributed by atoms with E-state index in [-0.39, 0.29) is 23.9 Å². The number of carbonyl (C=O) groups is 2. The molecule has 1 N–H and O–H groups in total. The zero-order valence-corrected chi connectivity index (χ0v) is 19.5. The molecule has 5 nitrogen and oxygen atoms in total. The number of amides is 1. The number of ether oxygens (including phenoxy) is 1. The van der Waals surface area contributed by atoms with E-state index in [1.54, 1.807) is 23.1 Å². The third-order valence-corrected chi connectivity index (χ3v) is 8.80. The van der Waals surface area contributed by atoms with Gasteiger partial charge in [-0.2, -0.15) is 0 Å². The maximum absolute atomic E-state index is 13.0. The van der Waals surface area contributed by atoms with E-state index in [1.807, 2.05) is 73.5 Å². The summed E-state index contributed by atoms with van der Waals surface area (Å²) in [5.41, 5.74) is 0.294. The first-order valence-electron chi connectivity index (χ1n) is 9.77. The number of nitrogens with zero attached hydrogens (tertiary/aromatic N) is 1. The topological polar surface area (TPSA) is 58.6 Å². The minimum atomic E-state index is -0.653. The maximum atomic E-state index is 13.0. The Balaban J connectivity index is 1.44. The van der Waals surface area contributed by atoms with Gasteiger partial charge in [-0.15, -0.1) is 23.1 Å². The Labute approximate surface area is 190 Å². The van der Waals surface area contributed by atoms with Crippen molar-refractivity contribution < 1.29 is 14.3 Å². The summed E-state index contributed by atoms with van der Waals surface area (Å²) in [4.78, 5) is 29.1. The Morgan fingerprint density at radius 3 is 2.57 bits per heavy atom. The Kier molecular flexibility index (Phi) is 5.67. The highest BCUT2D eigenvalue weighted by molar-refractivity contribution is 8.02. The first kappa shape index (κ1) is 21.3. The smallest absolute Gasteiger partial charge is 0.330 e. The lowest BCUT2D eigenvalue weighted by Crippen LogP contribution is -2.77. The van der Waals surface area contributed by atoms with Crippen molar-refractivity contribution in [2.45, 2.75) is 55.5 Å². The zero-order chi connectivity index (χ0) is 21.5. The van der Waals surface area contributed by atoms with Gasteiger partial charge in [-0.1, -0.05) is 48.6 Å². The van der Waals surface area contributed by atoms with Gasteiger partial charge in [0.05, 0.1) is 6.42 Å². The molecule has 0 saturated carbocycles. The molecule has 2 saturated heterocycles. The summed E-state index contributed by atoms with van der Waals surface area (Å²) in [5.74, 6) is -0.344.